The molecule has 0 saturated carbocycles. The van der Waals surface area contributed by atoms with Crippen LogP contribution in [-0.2, 0) is 20.9 Å². The topological polar surface area (TPSA) is 35.5 Å². The van der Waals surface area contributed by atoms with Crippen molar-refractivity contribution in [3.63, 3.8) is 0 Å². The zero-order valence-corrected chi connectivity index (χ0v) is 10.7. The summed E-state index contributed by atoms with van der Waals surface area (Å²) in [5.74, 6) is -0.380. The second-order valence-electron chi connectivity index (χ2n) is 3.67. The van der Waals surface area contributed by atoms with Crippen LogP contribution in [0.25, 0.3) is 0 Å². The van der Waals surface area contributed by atoms with E-state index in [9.17, 15) is 4.79 Å². The van der Waals surface area contributed by atoms with Gasteiger partial charge in [-0.25, -0.2) is 0 Å². The molecule has 0 amide bonds. The van der Waals surface area contributed by atoms with Gasteiger partial charge in [0.2, 0.25) is 0 Å². The molecule has 4 heteroatoms. The van der Waals surface area contributed by atoms with Crippen LogP contribution in [0.1, 0.15) is 18.4 Å². The third-order valence-electron chi connectivity index (χ3n) is 2.31. The van der Waals surface area contributed by atoms with Crippen LogP contribution in [0.5, 0.6) is 0 Å². The van der Waals surface area contributed by atoms with Gasteiger partial charge in [-0.2, -0.15) is 0 Å². The van der Waals surface area contributed by atoms with E-state index in [1.54, 1.807) is 0 Å². The number of benzene rings is 1. The summed E-state index contributed by atoms with van der Waals surface area (Å²) >= 11 is 5.80. The fourth-order valence-corrected chi connectivity index (χ4v) is 1.62. The lowest BCUT2D eigenvalue weighted by Crippen LogP contribution is -2.16. The maximum absolute atomic E-state index is 11.0. The van der Waals surface area contributed by atoms with Crippen LogP contribution in [0.4, 0.5) is 0 Å². The molecule has 0 aliphatic heterocycles. The summed E-state index contributed by atoms with van der Waals surface area (Å²) in [6, 6.07) is 9.95. The van der Waals surface area contributed by atoms with Gasteiger partial charge in [0.25, 0.3) is 0 Å². The Balaban J connectivity index is 2.07. The average Bonchev–Trinajstić information content (AvgIpc) is 2.38. The third kappa shape index (κ3) is 5.71. The van der Waals surface area contributed by atoms with Gasteiger partial charge in [0.15, 0.2) is 0 Å². The van der Waals surface area contributed by atoms with Gasteiger partial charge in [-0.15, -0.1) is 11.6 Å². The number of hydrogen-bond acceptors (Lipinski definition) is 3. The van der Waals surface area contributed by atoms with Crippen molar-refractivity contribution in [2.75, 3.05) is 13.7 Å². The van der Waals surface area contributed by atoms with E-state index in [1.807, 2.05) is 30.3 Å². The number of rotatable bonds is 7. The molecule has 0 aromatic heterocycles. The Morgan fingerprint density at radius 2 is 2.06 bits per heavy atom. The van der Waals surface area contributed by atoms with Gasteiger partial charge in [-0.1, -0.05) is 30.3 Å². The van der Waals surface area contributed by atoms with Crippen LogP contribution in [-0.4, -0.2) is 25.1 Å². The van der Waals surface area contributed by atoms with E-state index in [2.05, 4.69) is 4.74 Å². The molecule has 3 nitrogen and oxygen atoms in total. The first-order chi connectivity index (χ1) is 8.24. The molecular formula is C13H17ClO3. The van der Waals surface area contributed by atoms with E-state index in [0.29, 0.717) is 19.6 Å². The van der Waals surface area contributed by atoms with Crippen LogP contribution in [0.2, 0.25) is 0 Å². The fraction of sp³-hybridized carbons (Fsp3) is 0.462. The Hall–Kier alpha value is -1.06. The number of methoxy groups -OCH3 is 1. The minimum atomic E-state index is -0.569. The van der Waals surface area contributed by atoms with Gasteiger partial charge in [0, 0.05) is 6.61 Å². The molecule has 17 heavy (non-hydrogen) atoms. The van der Waals surface area contributed by atoms with Crippen LogP contribution in [0.15, 0.2) is 30.3 Å². The summed E-state index contributed by atoms with van der Waals surface area (Å²) in [4.78, 5) is 11.0. The maximum Gasteiger partial charge on any atom is 0.323 e. The monoisotopic (exact) mass is 256 g/mol. The van der Waals surface area contributed by atoms with Gasteiger partial charge in [-0.3, -0.25) is 4.79 Å². The quantitative estimate of drug-likeness (QED) is 0.428. The zero-order valence-electron chi connectivity index (χ0n) is 9.90. The Kier molecular flexibility index (Phi) is 6.67. The Morgan fingerprint density at radius 1 is 1.35 bits per heavy atom. The molecule has 94 valence electrons. The van der Waals surface area contributed by atoms with E-state index < -0.39 is 5.38 Å². The highest BCUT2D eigenvalue weighted by Gasteiger charge is 2.14. The number of hydrogen-bond donors (Lipinski definition) is 0. The number of alkyl halides is 1. The summed E-state index contributed by atoms with van der Waals surface area (Å²) in [6.45, 7) is 1.18. The van der Waals surface area contributed by atoms with Crippen molar-refractivity contribution < 1.29 is 14.3 Å². The Labute approximate surface area is 107 Å². The van der Waals surface area contributed by atoms with Crippen LogP contribution >= 0.6 is 11.6 Å². The molecule has 0 bridgehead atoms. The summed E-state index contributed by atoms with van der Waals surface area (Å²) in [5, 5.41) is -0.569. The minimum Gasteiger partial charge on any atom is -0.468 e. The summed E-state index contributed by atoms with van der Waals surface area (Å²) in [6.07, 6.45) is 1.32. The predicted octanol–water partition coefficient (Wildman–Crippen LogP) is 2.76. The van der Waals surface area contributed by atoms with Crippen LogP contribution in [0.3, 0.4) is 0 Å². The molecule has 0 spiro atoms. The molecule has 0 aliphatic rings. The van der Waals surface area contributed by atoms with Crippen molar-refractivity contribution in [2.24, 2.45) is 0 Å². The zero-order chi connectivity index (χ0) is 12.5. The highest BCUT2D eigenvalue weighted by Crippen LogP contribution is 2.08. The second-order valence-corrected chi connectivity index (χ2v) is 4.20. The first-order valence-electron chi connectivity index (χ1n) is 5.57. The summed E-state index contributed by atoms with van der Waals surface area (Å²) in [7, 11) is 1.34. The minimum absolute atomic E-state index is 0.380. The molecule has 0 saturated heterocycles. The normalized spacial score (nSPS) is 12.1. The van der Waals surface area contributed by atoms with Crippen molar-refractivity contribution in [1.82, 2.24) is 0 Å². The van der Waals surface area contributed by atoms with Crippen LogP contribution in [0, 0.1) is 0 Å². The number of halogens is 1. The lowest BCUT2D eigenvalue weighted by molar-refractivity contribution is -0.140. The molecule has 1 aromatic carbocycles. The first kappa shape index (κ1) is 14.0. The molecule has 1 atom stereocenters. The Bertz CT molecular complexity index is 327. The summed E-state index contributed by atoms with van der Waals surface area (Å²) < 4.78 is 10.00. The van der Waals surface area contributed by atoms with E-state index in [1.165, 1.54) is 7.11 Å². The average molecular weight is 257 g/mol. The van der Waals surface area contributed by atoms with Gasteiger partial charge in [-0.05, 0) is 18.4 Å². The smallest absolute Gasteiger partial charge is 0.323 e. The molecule has 1 unspecified atom stereocenters. The largest absolute Gasteiger partial charge is 0.468 e. The number of carbonyl (C=O) groups is 1. The highest BCUT2D eigenvalue weighted by atomic mass is 35.5. The van der Waals surface area contributed by atoms with E-state index in [0.717, 1.165) is 12.0 Å². The summed E-state index contributed by atoms with van der Waals surface area (Å²) in [5.41, 5.74) is 1.14. The van der Waals surface area contributed by atoms with Crippen LogP contribution < -0.4 is 0 Å². The molecule has 0 aliphatic carbocycles. The molecule has 0 N–H and O–H groups in total. The van der Waals surface area contributed by atoms with E-state index in [4.69, 9.17) is 16.3 Å². The Morgan fingerprint density at radius 3 is 2.71 bits per heavy atom. The van der Waals surface area contributed by atoms with Crippen molar-refractivity contribution in [2.45, 2.75) is 24.8 Å². The van der Waals surface area contributed by atoms with E-state index in [-0.39, 0.29) is 5.97 Å². The lowest BCUT2D eigenvalue weighted by Gasteiger charge is -2.07. The van der Waals surface area contributed by atoms with Crippen molar-refractivity contribution in [3.05, 3.63) is 35.9 Å². The third-order valence-corrected chi connectivity index (χ3v) is 2.71. The first-order valence-corrected chi connectivity index (χ1v) is 6.01. The van der Waals surface area contributed by atoms with Gasteiger partial charge in [0.05, 0.1) is 13.7 Å². The lowest BCUT2D eigenvalue weighted by atomic mass is 10.2. The SMILES string of the molecule is COC(=O)C(Cl)CCCOCc1ccccc1. The highest BCUT2D eigenvalue weighted by molar-refractivity contribution is 6.29. The van der Waals surface area contributed by atoms with E-state index >= 15 is 0 Å². The second kappa shape index (κ2) is 8.09. The maximum atomic E-state index is 11.0. The van der Waals surface area contributed by atoms with Gasteiger partial charge >= 0.3 is 5.97 Å². The van der Waals surface area contributed by atoms with Crippen molar-refractivity contribution in [3.8, 4) is 0 Å². The molecule has 0 fully saturated rings. The molecule has 1 aromatic rings. The molecule has 0 heterocycles. The molecule has 0 radical (unpaired) electrons. The fourth-order valence-electron chi connectivity index (χ4n) is 1.37. The number of esters is 1. The molecular weight excluding hydrogens is 240 g/mol. The number of ether oxygens (including phenoxy) is 2. The standard InChI is InChI=1S/C13H17ClO3/c1-16-13(15)12(14)8-5-9-17-10-11-6-3-2-4-7-11/h2-4,6-7,12H,5,8-10H2,1H3. The van der Waals surface area contributed by atoms with Crippen molar-refractivity contribution in [1.29, 1.82) is 0 Å². The van der Waals surface area contributed by atoms with Crippen molar-refractivity contribution >= 4 is 17.6 Å². The van der Waals surface area contributed by atoms with Gasteiger partial charge in [0.1, 0.15) is 5.38 Å². The number of carbonyl (C=O) groups excluding carboxylic acids is 1. The molecule has 1 rings (SSSR count). The van der Waals surface area contributed by atoms with Gasteiger partial charge < -0.3 is 9.47 Å². The predicted molar refractivity (Wildman–Crippen MR) is 67.0 cm³/mol.